The number of anilines is 1. The number of carbonyl (C=O) groups is 1. The largest absolute Gasteiger partial charge is 0.382 e. The monoisotopic (exact) mass is 442 g/mol. The van der Waals surface area contributed by atoms with Gasteiger partial charge in [0.25, 0.3) is 0 Å². The van der Waals surface area contributed by atoms with Crippen LogP contribution in [-0.4, -0.2) is 65.2 Å². The first-order chi connectivity index (χ1) is 15.9. The van der Waals surface area contributed by atoms with E-state index in [2.05, 4.69) is 36.8 Å². The second-order valence-electron chi connectivity index (χ2n) is 8.34. The summed E-state index contributed by atoms with van der Waals surface area (Å²) in [7, 11) is 1.79. The second kappa shape index (κ2) is 7.98. The highest BCUT2D eigenvalue weighted by Gasteiger charge is 2.31. The molecular weight excluding hydrogens is 420 g/mol. The number of pyridine rings is 2. The third-order valence-electron chi connectivity index (χ3n) is 5.59. The van der Waals surface area contributed by atoms with E-state index in [1.165, 1.54) is 6.20 Å². The Hall–Kier alpha value is -4.33. The van der Waals surface area contributed by atoms with Crippen LogP contribution < -0.4 is 5.32 Å². The third kappa shape index (κ3) is 3.65. The van der Waals surface area contributed by atoms with Crippen LogP contribution in [0, 0.1) is 11.3 Å². The molecule has 5 heterocycles. The Morgan fingerprint density at radius 2 is 2.06 bits per heavy atom. The molecule has 11 heteroatoms. The van der Waals surface area contributed by atoms with Gasteiger partial charge in [0, 0.05) is 54.7 Å². The molecule has 1 N–H and O–H groups in total. The van der Waals surface area contributed by atoms with E-state index in [1.54, 1.807) is 46.0 Å². The smallest absolute Gasteiger partial charge is 0.247 e. The molecule has 0 saturated carbocycles. The van der Waals surface area contributed by atoms with E-state index in [0.717, 1.165) is 16.6 Å². The number of hydrogen-bond donors (Lipinski definition) is 1. The molecule has 166 valence electrons. The van der Waals surface area contributed by atoms with Crippen LogP contribution in [0.15, 0.2) is 36.9 Å². The predicted octanol–water partition coefficient (Wildman–Crippen LogP) is 2.17. The molecular formula is C22H22N10O. The topological polar surface area (TPSA) is 130 Å². The molecule has 1 atom stereocenters. The van der Waals surface area contributed by atoms with Crippen LogP contribution in [0.4, 0.5) is 5.69 Å². The van der Waals surface area contributed by atoms with E-state index in [1.807, 2.05) is 19.9 Å². The van der Waals surface area contributed by atoms with Crippen LogP contribution in [0.1, 0.15) is 31.9 Å². The standard InChI is InChI=1S/C22H22N10O/c1-13(2)27-17-7-20(32-21-15(10-26-32)6-14(8-23)9-25-21)24-11-16(17)18-12-31(29-28-18)19-4-5-30(3)22(19)33/h6-7,9-13,19H,4-5H2,1-3H3,(H,24,27). The lowest BCUT2D eigenvalue weighted by Gasteiger charge is -2.15. The van der Waals surface area contributed by atoms with Gasteiger partial charge in [-0.3, -0.25) is 4.79 Å². The summed E-state index contributed by atoms with van der Waals surface area (Å²) in [4.78, 5) is 23.0. The molecule has 11 nitrogen and oxygen atoms in total. The average Bonchev–Trinajstić information content (AvgIpc) is 3.52. The first kappa shape index (κ1) is 20.6. The van der Waals surface area contributed by atoms with Crippen molar-refractivity contribution in [1.29, 1.82) is 5.26 Å². The van der Waals surface area contributed by atoms with Crippen molar-refractivity contribution in [3.05, 3.63) is 42.5 Å². The summed E-state index contributed by atoms with van der Waals surface area (Å²) in [5, 5.41) is 26.3. The number of nitrogens with one attached hydrogen (secondary N) is 1. The number of fused-ring (bicyclic) bond motifs is 1. The lowest BCUT2D eigenvalue weighted by atomic mass is 10.1. The predicted molar refractivity (Wildman–Crippen MR) is 120 cm³/mol. The van der Waals surface area contributed by atoms with Crippen molar-refractivity contribution in [3.8, 4) is 23.1 Å². The van der Waals surface area contributed by atoms with Crippen molar-refractivity contribution in [1.82, 2.24) is 39.6 Å². The van der Waals surface area contributed by atoms with Crippen molar-refractivity contribution in [2.75, 3.05) is 18.9 Å². The molecule has 1 aliphatic heterocycles. The number of nitrogens with zero attached hydrogens (tertiary/aromatic N) is 9. The number of amides is 1. The zero-order chi connectivity index (χ0) is 23.1. The number of nitriles is 1. The first-order valence-electron chi connectivity index (χ1n) is 10.6. The third-order valence-corrected chi connectivity index (χ3v) is 5.59. The maximum Gasteiger partial charge on any atom is 0.247 e. The van der Waals surface area contributed by atoms with Gasteiger partial charge in [-0.15, -0.1) is 5.10 Å². The number of aromatic nitrogens is 7. The minimum Gasteiger partial charge on any atom is -0.382 e. The highest BCUT2D eigenvalue weighted by Crippen LogP contribution is 2.30. The second-order valence-corrected chi connectivity index (χ2v) is 8.34. The Morgan fingerprint density at radius 1 is 1.21 bits per heavy atom. The van der Waals surface area contributed by atoms with Crippen molar-refractivity contribution in [2.45, 2.75) is 32.4 Å². The number of carbonyl (C=O) groups excluding carboxylic acids is 1. The summed E-state index contributed by atoms with van der Waals surface area (Å²) in [6.45, 7) is 4.79. The quantitative estimate of drug-likeness (QED) is 0.498. The Labute approximate surface area is 189 Å². The van der Waals surface area contributed by atoms with Gasteiger partial charge >= 0.3 is 0 Å². The normalized spacial score (nSPS) is 16.0. The number of rotatable bonds is 5. The number of likely N-dealkylation sites (N-methyl/N-ethyl adjacent to an activating group) is 1. The van der Waals surface area contributed by atoms with Crippen molar-refractivity contribution in [2.24, 2.45) is 0 Å². The fourth-order valence-electron chi connectivity index (χ4n) is 3.95. The minimum absolute atomic E-state index is 0.0399. The SMILES string of the molecule is CC(C)Nc1cc(-n2ncc3cc(C#N)cnc32)ncc1-c1cn(C2CCN(C)C2=O)nn1. The Bertz CT molecular complexity index is 1400. The van der Waals surface area contributed by atoms with Crippen LogP contribution in [0.3, 0.4) is 0 Å². The van der Waals surface area contributed by atoms with Crippen LogP contribution in [0.5, 0.6) is 0 Å². The average molecular weight is 442 g/mol. The van der Waals surface area contributed by atoms with Crippen molar-refractivity contribution < 1.29 is 4.79 Å². The fraction of sp³-hybridized carbons (Fsp3) is 0.318. The molecule has 4 aromatic heterocycles. The van der Waals surface area contributed by atoms with Crippen LogP contribution >= 0.6 is 0 Å². The van der Waals surface area contributed by atoms with Gasteiger partial charge in [0.1, 0.15) is 17.8 Å². The van der Waals surface area contributed by atoms with Gasteiger partial charge in [-0.2, -0.15) is 15.0 Å². The molecule has 1 fully saturated rings. The van der Waals surface area contributed by atoms with E-state index < -0.39 is 0 Å². The molecule has 33 heavy (non-hydrogen) atoms. The number of hydrogen-bond acceptors (Lipinski definition) is 8. The molecule has 0 spiro atoms. The van der Waals surface area contributed by atoms with E-state index in [-0.39, 0.29) is 18.0 Å². The Kier molecular flexibility index (Phi) is 4.97. The lowest BCUT2D eigenvalue weighted by Crippen LogP contribution is -2.24. The highest BCUT2D eigenvalue weighted by atomic mass is 16.2. The van der Waals surface area contributed by atoms with E-state index in [4.69, 9.17) is 5.26 Å². The van der Waals surface area contributed by atoms with Gasteiger partial charge in [-0.1, -0.05) is 5.21 Å². The Morgan fingerprint density at radius 3 is 2.79 bits per heavy atom. The molecule has 1 amide bonds. The summed E-state index contributed by atoms with van der Waals surface area (Å²) < 4.78 is 3.27. The zero-order valence-electron chi connectivity index (χ0n) is 18.5. The van der Waals surface area contributed by atoms with Crippen LogP contribution in [0.2, 0.25) is 0 Å². The summed E-state index contributed by atoms with van der Waals surface area (Å²) in [5.41, 5.74) is 3.30. The summed E-state index contributed by atoms with van der Waals surface area (Å²) in [6, 6.07) is 5.54. The van der Waals surface area contributed by atoms with Crippen LogP contribution in [-0.2, 0) is 4.79 Å². The van der Waals surface area contributed by atoms with E-state index in [0.29, 0.717) is 35.7 Å². The van der Waals surface area contributed by atoms with Gasteiger partial charge in [0.2, 0.25) is 5.91 Å². The highest BCUT2D eigenvalue weighted by molar-refractivity contribution is 5.82. The van der Waals surface area contributed by atoms with Gasteiger partial charge in [0.05, 0.1) is 18.0 Å². The first-order valence-corrected chi connectivity index (χ1v) is 10.6. The fourth-order valence-corrected chi connectivity index (χ4v) is 3.95. The molecule has 0 radical (unpaired) electrons. The number of likely N-dealkylation sites (tertiary alicyclic amines) is 1. The molecule has 1 saturated heterocycles. The minimum atomic E-state index is -0.329. The lowest BCUT2D eigenvalue weighted by molar-refractivity contribution is -0.129. The van der Waals surface area contributed by atoms with Crippen molar-refractivity contribution >= 4 is 22.6 Å². The summed E-state index contributed by atoms with van der Waals surface area (Å²) in [5.74, 6) is 0.618. The van der Waals surface area contributed by atoms with Gasteiger partial charge in [-0.25, -0.2) is 14.6 Å². The molecule has 1 unspecified atom stereocenters. The van der Waals surface area contributed by atoms with E-state index >= 15 is 0 Å². The van der Waals surface area contributed by atoms with Gasteiger partial charge < -0.3 is 10.2 Å². The summed E-state index contributed by atoms with van der Waals surface area (Å²) >= 11 is 0. The van der Waals surface area contributed by atoms with Crippen molar-refractivity contribution in [3.63, 3.8) is 0 Å². The van der Waals surface area contributed by atoms with Crippen LogP contribution in [0.25, 0.3) is 28.1 Å². The molecule has 4 aromatic rings. The molecule has 0 aromatic carbocycles. The maximum absolute atomic E-state index is 12.4. The van der Waals surface area contributed by atoms with Gasteiger partial charge in [-0.05, 0) is 26.3 Å². The van der Waals surface area contributed by atoms with E-state index in [9.17, 15) is 4.79 Å². The van der Waals surface area contributed by atoms with Gasteiger partial charge in [0.15, 0.2) is 11.5 Å². The molecule has 1 aliphatic rings. The summed E-state index contributed by atoms with van der Waals surface area (Å²) in [6.07, 6.45) is 7.39. The Balaban J connectivity index is 1.54. The molecule has 0 bridgehead atoms. The molecule has 5 rings (SSSR count). The maximum atomic E-state index is 12.4. The molecule has 0 aliphatic carbocycles. The zero-order valence-corrected chi connectivity index (χ0v) is 18.5.